The van der Waals surface area contributed by atoms with Gasteiger partial charge in [-0.05, 0) is 48.6 Å². The summed E-state index contributed by atoms with van der Waals surface area (Å²) in [4.78, 5) is 0. The smallest absolute Gasteiger partial charge is 0.124 e. The first-order chi connectivity index (χ1) is 7.66. The van der Waals surface area contributed by atoms with Crippen molar-refractivity contribution in [1.82, 2.24) is 4.68 Å². The van der Waals surface area contributed by atoms with Gasteiger partial charge in [0.15, 0.2) is 6.54 Å². The predicted molar refractivity (Wildman–Crippen MR) is 73.8 cm³/mol. The summed E-state index contributed by atoms with van der Waals surface area (Å²) in [6.07, 6.45) is 0. The summed E-state index contributed by atoms with van der Waals surface area (Å²) < 4.78 is 5.95. The zero-order valence-electron chi connectivity index (χ0n) is 9.87. The van der Waals surface area contributed by atoms with Crippen LogP contribution in [0.1, 0.15) is 18.3 Å². The maximum atomic E-state index is 2.42. The van der Waals surface area contributed by atoms with Crippen LogP contribution in [0.2, 0.25) is 0 Å². The number of hydrogen-bond acceptors (Lipinski definition) is 0. The normalized spacial score (nSPS) is 10.8. The molecule has 84 valence electrons. The molecule has 0 aliphatic rings. The lowest BCUT2D eigenvalue weighted by Crippen LogP contribution is -2.43. The van der Waals surface area contributed by atoms with Gasteiger partial charge in [-0.25, -0.2) is 0 Å². The first-order valence-electron chi connectivity index (χ1n) is 5.49. The Morgan fingerprint density at radius 3 is 2.38 bits per heavy atom. The molecule has 1 aromatic carbocycles. The van der Waals surface area contributed by atoms with Crippen LogP contribution in [-0.2, 0) is 6.54 Å². The molecule has 0 aliphatic carbocycles. The molecule has 16 heavy (non-hydrogen) atoms. The van der Waals surface area contributed by atoms with E-state index in [0.29, 0.717) is 0 Å². The monoisotopic (exact) mass is 327 g/mol. The summed E-state index contributed by atoms with van der Waals surface area (Å²) in [6.45, 7) is 7.53. The zero-order valence-corrected chi connectivity index (χ0v) is 12.0. The van der Waals surface area contributed by atoms with Crippen LogP contribution in [0.4, 0.5) is 0 Å². The maximum Gasteiger partial charge on any atom is 0.218 e. The van der Waals surface area contributed by atoms with Crippen LogP contribution in [0.15, 0.2) is 30.3 Å². The van der Waals surface area contributed by atoms with E-state index < -0.39 is 0 Å². The Kier molecular flexibility index (Phi) is 3.33. The molecular formula is C13H16IN2+. The zero-order chi connectivity index (χ0) is 11.7. The lowest BCUT2D eigenvalue weighted by atomic mass is 10.3. The van der Waals surface area contributed by atoms with Gasteiger partial charge in [0.05, 0.1) is 5.69 Å². The highest BCUT2D eigenvalue weighted by atomic mass is 127. The predicted octanol–water partition coefficient (Wildman–Crippen LogP) is 3.01. The van der Waals surface area contributed by atoms with Crippen molar-refractivity contribution < 1.29 is 4.68 Å². The van der Waals surface area contributed by atoms with Crippen molar-refractivity contribution >= 4 is 22.6 Å². The minimum Gasteiger partial charge on any atom is -0.124 e. The fourth-order valence-electron chi connectivity index (χ4n) is 2.08. The fourth-order valence-corrected chi connectivity index (χ4v) is 2.59. The second-order valence-electron chi connectivity index (χ2n) is 3.85. The third kappa shape index (κ3) is 1.77. The van der Waals surface area contributed by atoms with Crippen LogP contribution in [0.5, 0.6) is 0 Å². The highest BCUT2D eigenvalue weighted by Crippen LogP contribution is 2.17. The van der Waals surface area contributed by atoms with Crippen LogP contribution >= 0.6 is 22.6 Å². The number of halogens is 1. The Morgan fingerprint density at radius 2 is 1.81 bits per heavy atom. The average Bonchev–Trinajstić information content (AvgIpc) is 2.54. The van der Waals surface area contributed by atoms with Crippen molar-refractivity contribution in [1.29, 1.82) is 0 Å². The number of benzene rings is 1. The van der Waals surface area contributed by atoms with Crippen molar-refractivity contribution in [3.8, 4) is 5.69 Å². The van der Waals surface area contributed by atoms with E-state index in [2.05, 4.69) is 83.1 Å². The number of aromatic nitrogens is 2. The van der Waals surface area contributed by atoms with E-state index in [0.717, 1.165) is 6.54 Å². The molecule has 1 aromatic heterocycles. The van der Waals surface area contributed by atoms with Gasteiger partial charge in [-0.1, -0.05) is 18.2 Å². The fraction of sp³-hybridized carbons (Fsp3) is 0.308. The lowest BCUT2D eigenvalue weighted by molar-refractivity contribution is -0.769. The van der Waals surface area contributed by atoms with Gasteiger partial charge in [0, 0.05) is 6.92 Å². The molecule has 0 aliphatic heterocycles. The van der Waals surface area contributed by atoms with Gasteiger partial charge < -0.3 is 0 Å². The van der Waals surface area contributed by atoms with E-state index in [-0.39, 0.29) is 0 Å². The summed E-state index contributed by atoms with van der Waals surface area (Å²) >= 11 is 2.42. The molecule has 2 aromatic rings. The summed E-state index contributed by atoms with van der Waals surface area (Å²) in [7, 11) is 0. The Morgan fingerprint density at radius 1 is 1.19 bits per heavy atom. The molecule has 0 radical (unpaired) electrons. The van der Waals surface area contributed by atoms with Crippen LogP contribution in [0.3, 0.4) is 0 Å². The van der Waals surface area contributed by atoms with Crippen molar-refractivity contribution in [2.45, 2.75) is 27.3 Å². The van der Waals surface area contributed by atoms with Crippen LogP contribution in [0, 0.1) is 17.4 Å². The highest BCUT2D eigenvalue weighted by Gasteiger charge is 2.22. The van der Waals surface area contributed by atoms with Gasteiger partial charge in [0.1, 0.15) is 9.26 Å². The van der Waals surface area contributed by atoms with E-state index in [4.69, 9.17) is 0 Å². The highest BCUT2D eigenvalue weighted by molar-refractivity contribution is 14.1. The van der Waals surface area contributed by atoms with Gasteiger partial charge >= 0.3 is 0 Å². The largest absolute Gasteiger partial charge is 0.218 e. The maximum absolute atomic E-state index is 2.42. The molecule has 2 rings (SSSR count). The molecule has 0 saturated carbocycles. The van der Waals surface area contributed by atoms with E-state index >= 15 is 0 Å². The molecule has 1 heterocycles. The Hall–Kier alpha value is -0.840. The van der Waals surface area contributed by atoms with Crippen molar-refractivity contribution in [2.24, 2.45) is 0 Å². The first kappa shape index (κ1) is 11.6. The van der Waals surface area contributed by atoms with Crippen molar-refractivity contribution in [2.75, 3.05) is 0 Å². The van der Waals surface area contributed by atoms with E-state index in [1.807, 2.05) is 0 Å². The molecular weight excluding hydrogens is 311 g/mol. The summed E-state index contributed by atoms with van der Waals surface area (Å²) in [5, 5.41) is 0. The van der Waals surface area contributed by atoms with Crippen LogP contribution < -0.4 is 4.68 Å². The summed E-state index contributed by atoms with van der Waals surface area (Å²) in [5.41, 5.74) is 3.88. The minimum absolute atomic E-state index is 0.991. The van der Waals surface area contributed by atoms with E-state index in [9.17, 15) is 0 Å². The molecule has 0 bridgehead atoms. The molecule has 0 unspecified atom stereocenters. The average molecular weight is 327 g/mol. The molecule has 0 spiro atoms. The van der Waals surface area contributed by atoms with Crippen LogP contribution in [0.25, 0.3) is 5.69 Å². The quantitative estimate of drug-likeness (QED) is 0.592. The van der Waals surface area contributed by atoms with Crippen LogP contribution in [-0.4, -0.2) is 4.68 Å². The molecule has 2 nitrogen and oxygen atoms in total. The molecule has 3 heteroatoms. The first-order valence-corrected chi connectivity index (χ1v) is 6.57. The summed E-state index contributed by atoms with van der Waals surface area (Å²) in [6, 6.07) is 10.5. The number of nitrogens with zero attached hydrogens (tertiary/aromatic N) is 2. The second kappa shape index (κ2) is 4.57. The van der Waals surface area contributed by atoms with E-state index in [1.165, 1.54) is 20.6 Å². The van der Waals surface area contributed by atoms with Crippen molar-refractivity contribution in [3.05, 3.63) is 45.3 Å². The second-order valence-corrected chi connectivity index (χ2v) is 4.93. The third-order valence-corrected chi connectivity index (χ3v) is 4.44. The van der Waals surface area contributed by atoms with Gasteiger partial charge in [-0.15, -0.1) is 9.36 Å². The standard InChI is InChI=1S/C13H16IN2/c1-4-15-10(2)13(14)11(3)16(15)12-8-6-5-7-9-12/h5-9H,4H2,1-3H3/q+1. The SMILES string of the molecule is CC[n+]1c(C)c(I)c(C)n1-c1ccccc1. The molecule has 0 fully saturated rings. The van der Waals surface area contributed by atoms with Gasteiger partial charge in [0.2, 0.25) is 5.69 Å². The van der Waals surface area contributed by atoms with Gasteiger partial charge in [0.25, 0.3) is 0 Å². The Balaban J connectivity index is 2.70. The number of hydrogen-bond donors (Lipinski definition) is 0. The number of rotatable bonds is 2. The Bertz CT molecular complexity index is 500. The Labute approximate surface area is 110 Å². The molecule has 0 atom stereocenters. The number of para-hydroxylation sites is 1. The van der Waals surface area contributed by atoms with Gasteiger partial charge in [-0.3, -0.25) is 0 Å². The lowest BCUT2D eigenvalue weighted by Gasteiger charge is -2.03. The molecule has 0 N–H and O–H groups in total. The molecule has 0 saturated heterocycles. The third-order valence-electron chi connectivity index (χ3n) is 2.88. The summed E-state index contributed by atoms with van der Waals surface area (Å²) in [5.74, 6) is 0. The topological polar surface area (TPSA) is 8.81 Å². The molecule has 0 amide bonds. The van der Waals surface area contributed by atoms with E-state index in [1.54, 1.807) is 0 Å². The van der Waals surface area contributed by atoms with Gasteiger partial charge in [-0.2, -0.15) is 0 Å². The minimum atomic E-state index is 0.991. The van der Waals surface area contributed by atoms with Crippen molar-refractivity contribution in [3.63, 3.8) is 0 Å².